The zero-order valence-electron chi connectivity index (χ0n) is 19.3. The maximum absolute atomic E-state index is 12.9. The molecule has 0 bridgehead atoms. The van der Waals surface area contributed by atoms with Gasteiger partial charge in [-0.3, -0.25) is 9.59 Å². The third kappa shape index (κ3) is 4.92. The van der Waals surface area contributed by atoms with Gasteiger partial charge in [-0.05, 0) is 62.1 Å². The van der Waals surface area contributed by atoms with E-state index in [0.29, 0.717) is 36.6 Å². The molecule has 1 aliphatic rings. The van der Waals surface area contributed by atoms with Gasteiger partial charge in [0.05, 0.1) is 19.9 Å². The first-order valence-corrected chi connectivity index (χ1v) is 11.2. The Bertz CT molecular complexity index is 1220. The summed E-state index contributed by atoms with van der Waals surface area (Å²) in [6, 6.07) is 15.0. The zero-order valence-corrected chi connectivity index (χ0v) is 19.3. The van der Waals surface area contributed by atoms with Gasteiger partial charge in [0, 0.05) is 36.8 Å². The molecule has 0 radical (unpaired) electrons. The Morgan fingerprint density at radius 1 is 1.03 bits per heavy atom. The number of hydrogen-bond donors (Lipinski definition) is 0. The highest BCUT2D eigenvalue weighted by Crippen LogP contribution is 2.31. The lowest BCUT2D eigenvalue weighted by atomic mass is 9.99. The minimum Gasteiger partial charge on any atom is -0.493 e. The van der Waals surface area contributed by atoms with Gasteiger partial charge in [0.1, 0.15) is 0 Å². The van der Waals surface area contributed by atoms with Crippen LogP contribution in [0.15, 0.2) is 53.3 Å². The van der Waals surface area contributed by atoms with Crippen LogP contribution < -0.4 is 19.9 Å². The predicted octanol–water partition coefficient (Wildman–Crippen LogP) is 4.00. The van der Waals surface area contributed by atoms with Crippen molar-refractivity contribution in [2.45, 2.75) is 39.2 Å². The molecule has 2 heterocycles. The molecule has 0 aliphatic carbocycles. The second kappa shape index (κ2) is 9.90. The fraction of sp³-hybridized carbons (Fsp3) is 0.346. The summed E-state index contributed by atoms with van der Waals surface area (Å²) in [5, 5.41) is 4.51. The number of aromatic nitrogens is 2. The van der Waals surface area contributed by atoms with Crippen molar-refractivity contribution in [2.75, 3.05) is 25.7 Å². The van der Waals surface area contributed by atoms with E-state index in [1.165, 1.54) is 21.9 Å². The van der Waals surface area contributed by atoms with E-state index in [0.717, 1.165) is 30.6 Å². The van der Waals surface area contributed by atoms with Crippen molar-refractivity contribution in [2.24, 2.45) is 0 Å². The monoisotopic (exact) mass is 447 g/mol. The van der Waals surface area contributed by atoms with Gasteiger partial charge in [0.2, 0.25) is 5.91 Å². The lowest BCUT2D eigenvalue weighted by Gasteiger charge is -2.30. The van der Waals surface area contributed by atoms with Crippen molar-refractivity contribution >= 4 is 11.6 Å². The topological polar surface area (TPSA) is 73.7 Å². The number of benzene rings is 2. The Balaban J connectivity index is 1.45. The van der Waals surface area contributed by atoms with Crippen LogP contribution >= 0.6 is 0 Å². The maximum Gasteiger partial charge on any atom is 0.266 e. The van der Waals surface area contributed by atoms with Gasteiger partial charge in [-0.25, -0.2) is 4.68 Å². The molecule has 7 nitrogen and oxygen atoms in total. The van der Waals surface area contributed by atoms with Gasteiger partial charge in [0.15, 0.2) is 11.5 Å². The minimum atomic E-state index is -0.189. The minimum absolute atomic E-state index is 0.0869. The lowest BCUT2D eigenvalue weighted by molar-refractivity contribution is -0.118. The fourth-order valence-electron chi connectivity index (χ4n) is 4.26. The third-order valence-electron chi connectivity index (χ3n) is 5.96. The number of amides is 1. The Hall–Kier alpha value is -3.61. The first kappa shape index (κ1) is 22.6. The van der Waals surface area contributed by atoms with Gasteiger partial charge in [-0.15, -0.1) is 0 Å². The quantitative estimate of drug-likeness (QED) is 0.547. The van der Waals surface area contributed by atoms with Gasteiger partial charge in [-0.1, -0.05) is 17.7 Å². The first-order chi connectivity index (χ1) is 16.0. The van der Waals surface area contributed by atoms with Gasteiger partial charge in [0.25, 0.3) is 5.56 Å². The summed E-state index contributed by atoms with van der Waals surface area (Å²) >= 11 is 0. The highest BCUT2D eigenvalue weighted by atomic mass is 16.5. The van der Waals surface area contributed by atoms with Crippen LogP contribution in [0.3, 0.4) is 0 Å². The van der Waals surface area contributed by atoms with E-state index in [2.05, 4.69) is 18.1 Å². The average Bonchev–Trinajstić information content (AvgIpc) is 2.84. The average molecular weight is 448 g/mol. The van der Waals surface area contributed by atoms with E-state index in [4.69, 9.17) is 9.47 Å². The molecule has 0 atom stereocenters. The zero-order chi connectivity index (χ0) is 23.4. The fourth-order valence-corrected chi connectivity index (χ4v) is 4.26. The molecular weight excluding hydrogens is 418 g/mol. The number of carbonyl (C=O) groups excluding carboxylic acids is 1. The molecule has 0 saturated heterocycles. The standard InChI is InChI=1S/C26H29N3O4/c1-18-8-11-22-20(16-18)6-4-14-28(22)25(30)7-5-15-29-26(31)13-10-21(27-29)19-9-12-23(32-2)24(17-19)33-3/h8-13,16-17H,4-7,14-15H2,1-3H3. The van der Waals surface area contributed by atoms with Gasteiger partial charge < -0.3 is 14.4 Å². The number of hydrogen-bond acceptors (Lipinski definition) is 5. The number of ether oxygens (including phenoxy) is 2. The van der Waals surface area contributed by atoms with E-state index in [9.17, 15) is 9.59 Å². The van der Waals surface area contributed by atoms with E-state index in [-0.39, 0.29) is 11.5 Å². The molecular formula is C26H29N3O4. The molecule has 1 aliphatic heterocycles. The number of methoxy groups -OCH3 is 2. The number of carbonyl (C=O) groups is 1. The first-order valence-electron chi connectivity index (χ1n) is 11.2. The molecule has 0 spiro atoms. The molecule has 0 saturated carbocycles. The molecule has 0 N–H and O–H groups in total. The molecule has 2 aromatic carbocycles. The molecule has 3 aromatic rings. The van der Waals surface area contributed by atoms with Gasteiger partial charge >= 0.3 is 0 Å². The van der Waals surface area contributed by atoms with Crippen molar-refractivity contribution in [3.05, 3.63) is 70.0 Å². The summed E-state index contributed by atoms with van der Waals surface area (Å²) in [5.41, 5.74) is 4.74. The van der Waals surface area contributed by atoms with E-state index >= 15 is 0 Å². The number of aryl methyl sites for hydroxylation is 3. The number of rotatable bonds is 7. The molecule has 7 heteroatoms. The predicted molar refractivity (Wildman–Crippen MR) is 128 cm³/mol. The molecule has 0 fully saturated rings. The van der Waals surface area contributed by atoms with E-state index in [1.54, 1.807) is 20.3 Å². The van der Waals surface area contributed by atoms with Crippen LogP contribution in [0, 0.1) is 6.92 Å². The summed E-state index contributed by atoms with van der Waals surface area (Å²) in [6.07, 6.45) is 2.88. The van der Waals surface area contributed by atoms with Crippen molar-refractivity contribution in [3.63, 3.8) is 0 Å². The summed E-state index contributed by atoms with van der Waals surface area (Å²) in [6.45, 7) is 3.18. The normalized spacial score (nSPS) is 12.9. The Morgan fingerprint density at radius 3 is 2.64 bits per heavy atom. The van der Waals surface area contributed by atoms with E-state index < -0.39 is 0 Å². The van der Waals surface area contributed by atoms with Crippen LogP contribution in [-0.4, -0.2) is 36.5 Å². The summed E-state index contributed by atoms with van der Waals surface area (Å²) in [7, 11) is 3.16. The lowest BCUT2D eigenvalue weighted by Crippen LogP contribution is -2.35. The second-order valence-electron chi connectivity index (χ2n) is 8.23. The Labute approximate surface area is 193 Å². The second-order valence-corrected chi connectivity index (χ2v) is 8.23. The molecule has 172 valence electrons. The largest absolute Gasteiger partial charge is 0.493 e. The van der Waals surface area contributed by atoms with Crippen LogP contribution in [0.2, 0.25) is 0 Å². The number of nitrogens with zero attached hydrogens (tertiary/aromatic N) is 3. The highest BCUT2D eigenvalue weighted by molar-refractivity contribution is 5.94. The van der Waals surface area contributed by atoms with Crippen LogP contribution in [0.1, 0.15) is 30.4 Å². The van der Waals surface area contributed by atoms with Crippen molar-refractivity contribution in [3.8, 4) is 22.8 Å². The van der Waals surface area contributed by atoms with Crippen LogP contribution in [0.25, 0.3) is 11.3 Å². The van der Waals surface area contributed by atoms with Crippen LogP contribution in [-0.2, 0) is 17.8 Å². The molecule has 1 aromatic heterocycles. The molecule has 0 unspecified atom stereocenters. The van der Waals surface area contributed by atoms with Gasteiger partial charge in [-0.2, -0.15) is 5.10 Å². The Kier molecular flexibility index (Phi) is 6.77. The maximum atomic E-state index is 12.9. The number of anilines is 1. The Morgan fingerprint density at radius 2 is 1.85 bits per heavy atom. The van der Waals surface area contributed by atoms with Crippen molar-refractivity contribution in [1.82, 2.24) is 9.78 Å². The SMILES string of the molecule is COc1ccc(-c2ccc(=O)n(CCCC(=O)N3CCCc4cc(C)ccc43)n2)cc1OC. The van der Waals surface area contributed by atoms with Crippen LogP contribution in [0.4, 0.5) is 5.69 Å². The summed E-state index contributed by atoms with van der Waals surface area (Å²) in [4.78, 5) is 27.2. The highest BCUT2D eigenvalue weighted by Gasteiger charge is 2.22. The smallest absolute Gasteiger partial charge is 0.266 e. The third-order valence-corrected chi connectivity index (χ3v) is 5.96. The van der Waals surface area contributed by atoms with E-state index in [1.807, 2.05) is 35.2 Å². The molecule has 4 rings (SSSR count). The molecule has 1 amide bonds. The molecule has 33 heavy (non-hydrogen) atoms. The summed E-state index contributed by atoms with van der Waals surface area (Å²) in [5.74, 6) is 1.31. The van der Waals surface area contributed by atoms with Crippen molar-refractivity contribution < 1.29 is 14.3 Å². The van der Waals surface area contributed by atoms with Crippen molar-refractivity contribution in [1.29, 1.82) is 0 Å². The number of fused-ring (bicyclic) bond motifs is 1. The van der Waals surface area contributed by atoms with Crippen LogP contribution in [0.5, 0.6) is 11.5 Å². The summed E-state index contributed by atoms with van der Waals surface area (Å²) < 4.78 is 12.1.